The predicted octanol–water partition coefficient (Wildman–Crippen LogP) is 3.76. The second kappa shape index (κ2) is 7.92. The highest BCUT2D eigenvalue weighted by molar-refractivity contribution is 7.92. The standard InChI is InChI=1S/C16H11ClN4O5S2/c17-11-2-1-3-12(8-11)20-28(25,26)14-9-27-16(18-14)19-15(22)10-4-6-13(7-5-10)21(23)24/h1-9,20H,(H,18,19,22). The van der Waals surface area contributed by atoms with Crippen LogP contribution in [0, 0.1) is 10.1 Å². The van der Waals surface area contributed by atoms with Gasteiger partial charge >= 0.3 is 0 Å². The molecule has 0 fully saturated rings. The van der Waals surface area contributed by atoms with E-state index in [1.165, 1.54) is 41.8 Å². The van der Waals surface area contributed by atoms with Crippen LogP contribution in [0.4, 0.5) is 16.5 Å². The van der Waals surface area contributed by atoms with Gasteiger partial charge < -0.3 is 0 Å². The minimum Gasteiger partial charge on any atom is -0.298 e. The van der Waals surface area contributed by atoms with E-state index >= 15 is 0 Å². The molecule has 0 saturated heterocycles. The molecule has 0 aliphatic heterocycles. The Morgan fingerprint density at radius 1 is 1.18 bits per heavy atom. The van der Waals surface area contributed by atoms with E-state index in [1.54, 1.807) is 12.1 Å². The molecule has 3 aromatic rings. The number of carbonyl (C=O) groups is 1. The van der Waals surface area contributed by atoms with Gasteiger partial charge in [0.15, 0.2) is 10.2 Å². The molecular weight excluding hydrogens is 428 g/mol. The molecule has 0 radical (unpaired) electrons. The summed E-state index contributed by atoms with van der Waals surface area (Å²) in [6.45, 7) is 0. The maximum Gasteiger partial charge on any atom is 0.280 e. The van der Waals surface area contributed by atoms with Crippen molar-refractivity contribution in [2.45, 2.75) is 5.03 Å². The molecule has 2 N–H and O–H groups in total. The van der Waals surface area contributed by atoms with Gasteiger partial charge in [-0.25, -0.2) is 4.98 Å². The van der Waals surface area contributed by atoms with Gasteiger partial charge in [0.2, 0.25) is 0 Å². The number of carbonyl (C=O) groups excluding carboxylic acids is 1. The summed E-state index contributed by atoms with van der Waals surface area (Å²) in [5, 5.41) is 14.5. The van der Waals surface area contributed by atoms with Crippen LogP contribution in [-0.2, 0) is 10.0 Å². The Bertz CT molecular complexity index is 1150. The summed E-state index contributed by atoms with van der Waals surface area (Å²) in [5.74, 6) is -0.573. The van der Waals surface area contributed by atoms with E-state index in [1.807, 2.05) is 0 Å². The molecule has 12 heteroatoms. The van der Waals surface area contributed by atoms with Gasteiger partial charge in [-0.05, 0) is 30.3 Å². The largest absolute Gasteiger partial charge is 0.298 e. The topological polar surface area (TPSA) is 131 Å². The zero-order chi connectivity index (χ0) is 20.3. The number of halogens is 1. The lowest BCUT2D eigenvalue weighted by molar-refractivity contribution is -0.384. The molecule has 0 atom stereocenters. The molecule has 1 aromatic heterocycles. The van der Waals surface area contributed by atoms with Crippen molar-refractivity contribution in [3.8, 4) is 0 Å². The Hall–Kier alpha value is -3.02. The van der Waals surface area contributed by atoms with Crippen molar-refractivity contribution < 1.29 is 18.1 Å². The van der Waals surface area contributed by atoms with Crippen LogP contribution in [-0.4, -0.2) is 24.2 Å². The van der Waals surface area contributed by atoms with Crippen molar-refractivity contribution in [3.63, 3.8) is 0 Å². The number of sulfonamides is 1. The first-order valence-electron chi connectivity index (χ1n) is 7.54. The highest BCUT2D eigenvalue weighted by Gasteiger charge is 2.20. The van der Waals surface area contributed by atoms with Crippen LogP contribution in [0.3, 0.4) is 0 Å². The number of thiazole rings is 1. The fraction of sp³-hybridized carbons (Fsp3) is 0. The Labute approximate surface area is 168 Å². The van der Waals surface area contributed by atoms with Gasteiger partial charge in [0, 0.05) is 28.1 Å². The molecule has 0 unspecified atom stereocenters. The minimum atomic E-state index is -3.96. The summed E-state index contributed by atoms with van der Waals surface area (Å²) in [4.78, 5) is 26.2. The quantitative estimate of drug-likeness (QED) is 0.445. The van der Waals surface area contributed by atoms with Gasteiger partial charge in [0.1, 0.15) is 0 Å². The molecule has 0 aliphatic carbocycles. The Morgan fingerprint density at radius 2 is 1.89 bits per heavy atom. The maximum atomic E-state index is 12.4. The number of aromatic nitrogens is 1. The SMILES string of the molecule is O=C(Nc1nc(S(=O)(=O)Nc2cccc(Cl)c2)cs1)c1ccc([N+](=O)[O-])cc1. The number of benzene rings is 2. The summed E-state index contributed by atoms with van der Waals surface area (Å²) in [6, 6.07) is 11.2. The first-order valence-corrected chi connectivity index (χ1v) is 10.3. The van der Waals surface area contributed by atoms with E-state index in [2.05, 4.69) is 15.0 Å². The molecule has 144 valence electrons. The van der Waals surface area contributed by atoms with Crippen molar-refractivity contribution in [2.75, 3.05) is 10.0 Å². The second-order valence-electron chi connectivity index (χ2n) is 5.36. The summed E-state index contributed by atoms with van der Waals surface area (Å²) < 4.78 is 27.1. The number of anilines is 2. The van der Waals surface area contributed by atoms with Crippen LogP contribution in [0.15, 0.2) is 58.9 Å². The van der Waals surface area contributed by atoms with Crippen molar-refractivity contribution >= 4 is 55.4 Å². The van der Waals surface area contributed by atoms with Gasteiger partial charge in [-0.15, -0.1) is 11.3 Å². The Balaban J connectivity index is 1.72. The molecule has 0 aliphatic rings. The lowest BCUT2D eigenvalue weighted by Crippen LogP contribution is -2.14. The third kappa shape index (κ3) is 4.63. The lowest BCUT2D eigenvalue weighted by atomic mass is 10.2. The number of nitrogens with zero attached hydrogens (tertiary/aromatic N) is 2. The van der Waals surface area contributed by atoms with E-state index in [9.17, 15) is 23.3 Å². The number of nitro benzene ring substituents is 1. The van der Waals surface area contributed by atoms with Crippen molar-refractivity contribution in [3.05, 3.63) is 74.6 Å². The van der Waals surface area contributed by atoms with Gasteiger partial charge in [-0.3, -0.25) is 24.9 Å². The monoisotopic (exact) mass is 438 g/mol. The van der Waals surface area contributed by atoms with Crippen molar-refractivity contribution in [1.82, 2.24) is 4.98 Å². The normalized spacial score (nSPS) is 11.0. The van der Waals surface area contributed by atoms with Crippen LogP contribution < -0.4 is 10.0 Å². The smallest absolute Gasteiger partial charge is 0.280 e. The number of hydrogen-bond donors (Lipinski definition) is 2. The second-order valence-corrected chi connectivity index (χ2v) is 8.29. The number of amides is 1. The molecule has 0 spiro atoms. The van der Waals surface area contributed by atoms with Crippen LogP contribution in [0.1, 0.15) is 10.4 Å². The third-order valence-electron chi connectivity index (χ3n) is 3.40. The number of rotatable bonds is 6. The molecule has 0 bridgehead atoms. The van der Waals surface area contributed by atoms with Crippen molar-refractivity contribution in [2.24, 2.45) is 0 Å². The molecule has 9 nitrogen and oxygen atoms in total. The third-order valence-corrected chi connectivity index (χ3v) is 5.80. The zero-order valence-electron chi connectivity index (χ0n) is 13.8. The molecule has 3 rings (SSSR count). The van der Waals surface area contributed by atoms with Gasteiger partial charge in [-0.1, -0.05) is 17.7 Å². The molecule has 0 saturated carbocycles. The number of hydrogen-bond acceptors (Lipinski definition) is 7. The number of nitro groups is 1. The van der Waals surface area contributed by atoms with E-state index in [0.29, 0.717) is 5.02 Å². The highest BCUT2D eigenvalue weighted by atomic mass is 35.5. The summed E-state index contributed by atoms with van der Waals surface area (Å²) >= 11 is 6.76. The first kappa shape index (κ1) is 19.7. The minimum absolute atomic E-state index is 0.0646. The summed E-state index contributed by atoms with van der Waals surface area (Å²) in [5.41, 5.74) is 0.297. The van der Waals surface area contributed by atoms with Gasteiger partial charge in [0.05, 0.1) is 10.6 Å². The maximum absolute atomic E-state index is 12.4. The van der Waals surface area contributed by atoms with Crippen LogP contribution in [0.25, 0.3) is 0 Å². The van der Waals surface area contributed by atoms with E-state index in [4.69, 9.17) is 11.6 Å². The van der Waals surface area contributed by atoms with Crippen molar-refractivity contribution in [1.29, 1.82) is 0 Å². The first-order chi connectivity index (χ1) is 13.2. The fourth-order valence-electron chi connectivity index (χ4n) is 2.10. The average Bonchev–Trinajstić information content (AvgIpc) is 3.11. The summed E-state index contributed by atoms with van der Waals surface area (Å²) in [7, 11) is -3.96. The molecule has 2 aromatic carbocycles. The van der Waals surface area contributed by atoms with E-state index in [0.717, 1.165) is 11.3 Å². The zero-order valence-corrected chi connectivity index (χ0v) is 16.2. The number of non-ortho nitro benzene ring substituents is 1. The Morgan fingerprint density at radius 3 is 2.54 bits per heavy atom. The molecule has 1 amide bonds. The molecular formula is C16H11ClN4O5S2. The fourth-order valence-corrected chi connectivity index (χ4v) is 4.32. The van der Waals surface area contributed by atoms with Crippen LogP contribution in [0.2, 0.25) is 5.02 Å². The van der Waals surface area contributed by atoms with E-state index < -0.39 is 20.9 Å². The molecule has 28 heavy (non-hydrogen) atoms. The van der Waals surface area contributed by atoms with Gasteiger partial charge in [0.25, 0.3) is 21.6 Å². The van der Waals surface area contributed by atoms with Gasteiger partial charge in [-0.2, -0.15) is 8.42 Å². The molecule has 1 heterocycles. The number of nitrogens with one attached hydrogen (secondary N) is 2. The van der Waals surface area contributed by atoms with Crippen LogP contribution in [0.5, 0.6) is 0 Å². The highest BCUT2D eigenvalue weighted by Crippen LogP contribution is 2.23. The summed E-state index contributed by atoms with van der Waals surface area (Å²) in [6.07, 6.45) is 0. The predicted molar refractivity (Wildman–Crippen MR) is 105 cm³/mol. The average molecular weight is 439 g/mol. The lowest BCUT2D eigenvalue weighted by Gasteiger charge is -2.05. The Kier molecular flexibility index (Phi) is 5.58. The van der Waals surface area contributed by atoms with E-state index in [-0.39, 0.29) is 27.1 Å². The van der Waals surface area contributed by atoms with Crippen LogP contribution >= 0.6 is 22.9 Å².